The first-order valence-corrected chi connectivity index (χ1v) is 7.71. The Morgan fingerprint density at radius 3 is 2.82 bits per heavy atom. The lowest BCUT2D eigenvalue weighted by atomic mass is 10.0. The van der Waals surface area contributed by atoms with Gasteiger partial charge in [0.1, 0.15) is 5.75 Å². The Bertz CT molecular complexity index is 529. The second-order valence-electron chi connectivity index (χ2n) is 5.26. The van der Waals surface area contributed by atoms with Gasteiger partial charge < -0.3 is 14.8 Å². The summed E-state index contributed by atoms with van der Waals surface area (Å²) in [5.74, 6) is 0.327. The average molecular weight is 326 g/mol. The molecule has 0 amide bonds. The minimum atomic E-state index is -0.656. The number of carbonyl (C=O) groups excluding carboxylic acids is 2. The van der Waals surface area contributed by atoms with Crippen molar-refractivity contribution in [2.24, 2.45) is 0 Å². The Balaban J connectivity index is 0.000000188. The van der Waals surface area contributed by atoms with E-state index in [1.807, 2.05) is 7.05 Å². The number of benzene rings is 1. The molecule has 6 heteroatoms. The lowest BCUT2D eigenvalue weighted by Crippen LogP contribution is -2.33. The molecule has 0 spiro atoms. The first kappa shape index (κ1) is 16.9. The van der Waals surface area contributed by atoms with Gasteiger partial charge in [0.05, 0.1) is 18.6 Å². The van der Waals surface area contributed by atoms with Crippen LogP contribution in [0.15, 0.2) is 18.2 Å². The number of likely N-dealkylation sites (N-methyl/N-ethyl adjacent to an activating group) is 1. The van der Waals surface area contributed by atoms with Crippen LogP contribution in [0.25, 0.3) is 0 Å². The van der Waals surface area contributed by atoms with E-state index in [1.165, 1.54) is 12.8 Å². The SMILES string of the molecule is CNC1CCCOC1.O=CC1CC(=O)c2cc(Cl)ccc2O1. The zero-order valence-electron chi connectivity index (χ0n) is 12.5. The van der Waals surface area contributed by atoms with Gasteiger partial charge >= 0.3 is 0 Å². The van der Waals surface area contributed by atoms with Crippen LogP contribution in [0.3, 0.4) is 0 Å². The highest BCUT2D eigenvalue weighted by Crippen LogP contribution is 2.29. The van der Waals surface area contributed by atoms with Crippen molar-refractivity contribution in [1.29, 1.82) is 0 Å². The fraction of sp³-hybridized carbons (Fsp3) is 0.500. The van der Waals surface area contributed by atoms with Crippen LogP contribution < -0.4 is 10.1 Å². The minimum absolute atomic E-state index is 0.0941. The number of ether oxygens (including phenoxy) is 2. The van der Waals surface area contributed by atoms with E-state index in [4.69, 9.17) is 21.1 Å². The summed E-state index contributed by atoms with van der Waals surface area (Å²) in [6.07, 6.45) is 2.56. The molecule has 0 radical (unpaired) electrons. The van der Waals surface area contributed by atoms with Crippen molar-refractivity contribution < 1.29 is 19.1 Å². The van der Waals surface area contributed by atoms with Crippen molar-refractivity contribution in [3.8, 4) is 5.75 Å². The number of nitrogens with one attached hydrogen (secondary N) is 1. The average Bonchev–Trinajstić information content (AvgIpc) is 2.56. The van der Waals surface area contributed by atoms with Gasteiger partial charge in [0, 0.05) is 17.7 Å². The molecule has 0 bridgehead atoms. The molecule has 0 saturated carbocycles. The third-order valence-electron chi connectivity index (χ3n) is 3.63. The molecular weight excluding hydrogens is 306 g/mol. The van der Waals surface area contributed by atoms with Gasteiger partial charge in [-0.3, -0.25) is 9.59 Å². The van der Waals surface area contributed by atoms with Gasteiger partial charge in [-0.1, -0.05) is 11.6 Å². The summed E-state index contributed by atoms with van der Waals surface area (Å²) in [5.41, 5.74) is 0.454. The number of hydrogen-bond acceptors (Lipinski definition) is 5. The molecule has 1 aromatic rings. The number of rotatable bonds is 2. The monoisotopic (exact) mass is 325 g/mol. The molecule has 2 atom stereocenters. The van der Waals surface area contributed by atoms with E-state index in [9.17, 15) is 9.59 Å². The fourth-order valence-corrected chi connectivity index (χ4v) is 2.54. The molecule has 1 saturated heterocycles. The lowest BCUT2D eigenvalue weighted by molar-refractivity contribution is -0.113. The predicted molar refractivity (Wildman–Crippen MR) is 83.8 cm³/mol. The summed E-state index contributed by atoms with van der Waals surface area (Å²) in [4.78, 5) is 22.0. The fourth-order valence-electron chi connectivity index (χ4n) is 2.36. The number of aldehydes is 1. The van der Waals surface area contributed by atoms with Crippen molar-refractivity contribution >= 4 is 23.7 Å². The number of ketones is 1. The van der Waals surface area contributed by atoms with E-state index in [2.05, 4.69) is 5.32 Å². The number of fused-ring (bicyclic) bond motifs is 1. The Hall–Kier alpha value is -1.43. The van der Waals surface area contributed by atoms with E-state index >= 15 is 0 Å². The van der Waals surface area contributed by atoms with Crippen LogP contribution in [-0.2, 0) is 9.53 Å². The molecule has 0 aliphatic carbocycles. The van der Waals surface area contributed by atoms with Gasteiger partial charge in [0.25, 0.3) is 0 Å². The molecular formula is C16H20ClNO4. The van der Waals surface area contributed by atoms with Crippen LogP contribution in [0.2, 0.25) is 5.02 Å². The van der Waals surface area contributed by atoms with E-state index in [0.717, 1.165) is 13.2 Å². The first-order valence-electron chi connectivity index (χ1n) is 7.33. The molecule has 22 heavy (non-hydrogen) atoms. The zero-order valence-corrected chi connectivity index (χ0v) is 13.3. The van der Waals surface area contributed by atoms with E-state index in [0.29, 0.717) is 28.7 Å². The quantitative estimate of drug-likeness (QED) is 0.845. The van der Waals surface area contributed by atoms with Crippen LogP contribution in [0.5, 0.6) is 5.75 Å². The lowest BCUT2D eigenvalue weighted by Gasteiger charge is -2.21. The second-order valence-corrected chi connectivity index (χ2v) is 5.70. The number of halogens is 1. The Morgan fingerprint density at radius 1 is 1.41 bits per heavy atom. The maximum absolute atomic E-state index is 11.5. The van der Waals surface area contributed by atoms with Crippen molar-refractivity contribution in [2.45, 2.75) is 31.4 Å². The van der Waals surface area contributed by atoms with Gasteiger partial charge in [-0.2, -0.15) is 0 Å². The summed E-state index contributed by atoms with van der Waals surface area (Å²) in [6, 6.07) is 5.40. The van der Waals surface area contributed by atoms with Gasteiger partial charge in [-0.15, -0.1) is 0 Å². The molecule has 1 N–H and O–H groups in total. The molecule has 0 aromatic heterocycles. The van der Waals surface area contributed by atoms with Gasteiger partial charge in [0.15, 0.2) is 18.2 Å². The summed E-state index contributed by atoms with van der Waals surface area (Å²) >= 11 is 5.73. The summed E-state index contributed by atoms with van der Waals surface area (Å²) in [7, 11) is 1.99. The Labute approximate surface area is 134 Å². The van der Waals surface area contributed by atoms with Crippen molar-refractivity contribution in [2.75, 3.05) is 20.3 Å². The van der Waals surface area contributed by atoms with Crippen molar-refractivity contribution in [1.82, 2.24) is 5.32 Å². The van der Waals surface area contributed by atoms with E-state index in [1.54, 1.807) is 18.2 Å². The van der Waals surface area contributed by atoms with Crippen LogP contribution >= 0.6 is 11.6 Å². The van der Waals surface area contributed by atoms with Crippen molar-refractivity contribution in [3.05, 3.63) is 28.8 Å². The minimum Gasteiger partial charge on any atom is -0.482 e. The van der Waals surface area contributed by atoms with E-state index < -0.39 is 6.10 Å². The topological polar surface area (TPSA) is 64.6 Å². The molecule has 1 fully saturated rings. The third kappa shape index (κ3) is 4.53. The highest BCUT2D eigenvalue weighted by molar-refractivity contribution is 6.31. The summed E-state index contributed by atoms with van der Waals surface area (Å²) < 4.78 is 10.5. The molecule has 2 aliphatic heterocycles. The molecule has 1 aromatic carbocycles. The molecule has 2 unspecified atom stereocenters. The second kappa shape index (κ2) is 8.27. The van der Waals surface area contributed by atoms with Gasteiger partial charge in [-0.05, 0) is 38.1 Å². The highest BCUT2D eigenvalue weighted by Gasteiger charge is 2.25. The summed E-state index contributed by atoms with van der Waals surface area (Å²) in [6.45, 7) is 1.86. The zero-order chi connectivity index (χ0) is 15.9. The standard InChI is InChI=1S/C10H7ClO3.C6H13NO/c11-6-1-2-10-8(3-6)9(13)4-7(5-12)14-10;1-7-6-3-2-4-8-5-6/h1-3,5,7H,4H2;6-7H,2-5H2,1H3. The Kier molecular flexibility index (Phi) is 6.36. The normalized spacial score (nSPS) is 23.6. The Morgan fingerprint density at radius 2 is 2.23 bits per heavy atom. The van der Waals surface area contributed by atoms with Crippen LogP contribution in [0.4, 0.5) is 0 Å². The highest BCUT2D eigenvalue weighted by atomic mass is 35.5. The third-order valence-corrected chi connectivity index (χ3v) is 3.86. The maximum atomic E-state index is 11.5. The molecule has 5 nitrogen and oxygen atoms in total. The summed E-state index contributed by atoms with van der Waals surface area (Å²) in [5, 5.41) is 3.67. The first-order chi connectivity index (χ1) is 10.6. The van der Waals surface area contributed by atoms with Crippen LogP contribution in [0, 0.1) is 0 Å². The molecule has 120 valence electrons. The van der Waals surface area contributed by atoms with Gasteiger partial charge in [0.2, 0.25) is 0 Å². The maximum Gasteiger partial charge on any atom is 0.170 e. The van der Waals surface area contributed by atoms with Crippen LogP contribution in [0.1, 0.15) is 29.6 Å². The smallest absolute Gasteiger partial charge is 0.170 e. The number of carbonyl (C=O) groups is 2. The largest absolute Gasteiger partial charge is 0.482 e. The molecule has 2 aliphatic rings. The molecule has 3 rings (SSSR count). The van der Waals surface area contributed by atoms with Crippen molar-refractivity contribution in [3.63, 3.8) is 0 Å². The predicted octanol–water partition coefficient (Wildman–Crippen LogP) is 2.26. The molecule has 2 heterocycles. The number of hydrogen-bond donors (Lipinski definition) is 1. The van der Waals surface area contributed by atoms with E-state index in [-0.39, 0.29) is 12.2 Å². The van der Waals surface area contributed by atoms with Crippen LogP contribution in [-0.4, -0.2) is 44.5 Å². The van der Waals surface area contributed by atoms with Gasteiger partial charge in [-0.25, -0.2) is 0 Å². The number of Topliss-reactive ketones (excluding diaryl/α,β-unsaturated/α-hetero) is 1.